The van der Waals surface area contributed by atoms with Crippen LogP contribution in [0.4, 0.5) is 5.69 Å². The molecule has 1 aliphatic rings. The smallest absolute Gasteiger partial charge is 0.0367 e. The molecule has 1 saturated heterocycles. The van der Waals surface area contributed by atoms with Gasteiger partial charge in [0, 0.05) is 44.5 Å². The second kappa shape index (κ2) is 6.21. The molecule has 3 heteroatoms. The highest BCUT2D eigenvalue weighted by Crippen LogP contribution is 2.15. The van der Waals surface area contributed by atoms with Gasteiger partial charge >= 0.3 is 0 Å². The fourth-order valence-electron chi connectivity index (χ4n) is 2.34. The number of nitrogens with two attached hydrogens (primary N) is 1. The van der Waals surface area contributed by atoms with E-state index in [1.54, 1.807) is 0 Å². The zero-order chi connectivity index (χ0) is 13.0. The van der Waals surface area contributed by atoms with Gasteiger partial charge in [0.05, 0.1) is 0 Å². The van der Waals surface area contributed by atoms with Crippen LogP contribution in [0.1, 0.15) is 13.8 Å². The first-order valence-electron chi connectivity index (χ1n) is 6.95. The van der Waals surface area contributed by atoms with Gasteiger partial charge in [0.15, 0.2) is 0 Å². The van der Waals surface area contributed by atoms with E-state index in [9.17, 15) is 0 Å². The molecule has 0 saturated carbocycles. The van der Waals surface area contributed by atoms with Crippen LogP contribution in [0.3, 0.4) is 0 Å². The summed E-state index contributed by atoms with van der Waals surface area (Å²) in [6.07, 6.45) is 0. The molecule has 2 N–H and O–H groups in total. The van der Waals surface area contributed by atoms with Crippen molar-refractivity contribution in [2.45, 2.75) is 19.9 Å². The van der Waals surface area contributed by atoms with Gasteiger partial charge in [-0.3, -0.25) is 4.90 Å². The van der Waals surface area contributed by atoms with Gasteiger partial charge in [-0.15, -0.1) is 0 Å². The van der Waals surface area contributed by atoms with E-state index in [0.717, 1.165) is 32.7 Å². The van der Waals surface area contributed by atoms with E-state index in [-0.39, 0.29) is 0 Å². The van der Waals surface area contributed by atoms with Crippen molar-refractivity contribution in [3.63, 3.8) is 0 Å². The van der Waals surface area contributed by atoms with Gasteiger partial charge in [-0.25, -0.2) is 0 Å². The molecule has 1 aromatic carbocycles. The highest BCUT2D eigenvalue weighted by molar-refractivity contribution is 5.46. The summed E-state index contributed by atoms with van der Waals surface area (Å²) in [6, 6.07) is 11.0. The Kier molecular flexibility index (Phi) is 4.61. The number of piperazine rings is 1. The molecular weight excluding hydrogens is 222 g/mol. The Labute approximate surface area is 111 Å². The first-order valence-corrected chi connectivity index (χ1v) is 6.95. The Balaban J connectivity index is 1.81. The molecule has 0 radical (unpaired) electrons. The number of para-hydroxylation sites is 1. The fourth-order valence-corrected chi connectivity index (χ4v) is 2.34. The molecule has 1 fully saturated rings. The summed E-state index contributed by atoms with van der Waals surface area (Å²) in [5, 5.41) is 0. The Hall–Kier alpha value is -1.06. The predicted octanol–water partition coefficient (Wildman–Crippen LogP) is 1.79. The van der Waals surface area contributed by atoms with Crippen LogP contribution in [0, 0.1) is 5.92 Å². The summed E-state index contributed by atoms with van der Waals surface area (Å²) in [4.78, 5) is 4.95. The number of anilines is 1. The largest absolute Gasteiger partial charge is 0.369 e. The molecule has 1 heterocycles. The van der Waals surface area contributed by atoms with Crippen LogP contribution in [0.25, 0.3) is 0 Å². The number of hydrogen-bond acceptors (Lipinski definition) is 3. The van der Waals surface area contributed by atoms with Crippen molar-refractivity contribution in [1.29, 1.82) is 0 Å². The van der Waals surface area contributed by atoms with E-state index in [2.05, 4.69) is 54.0 Å². The molecular formula is C15H25N3. The number of benzene rings is 1. The highest BCUT2D eigenvalue weighted by atomic mass is 15.3. The lowest BCUT2D eigenvalue weighted by molar-refractivity contribution is 0.226. The third-order valence-corrected chi connectivity index (χ3v) is 3.82. The molecule has 0 aromatic heterocycles. The monoisotopic (exact) mass is 247 g/mol. The van der Waals surface area contributed by atoms with Gasteiger partial charge in [0.1, 0.15) is 0 Å². The normalized spacial score (nSPS) is 19.2. The van der Waals surface area contributed by atoms with Gasteiger partial charge in [0.25, 0.3) is 0 Å². The van der Waals surface area contributed by atoms with Gasteiger partial charge < -0.3 is 10.6 Å². The summed E-state index contributed by atoms with van der Waals surface area (Å²) < 4.78 is 0. The molecule has 0 spiro atoms. The van der Waals surface area contributed by atoms with Crippen LogP contribution in [-0.2, 0) is 0 Å². The molecule has 3 nitrogen and oxygen atoms in total. The topological polar surface area (TPSA) is 32.5 Å². The number of rotatable bonds is 4. The molecule has 0 bridgehead atoms. The van der Waals surface area contributed by atoms with Crippen LogP contribution in [0.15, 0.2) is 30.3 Å². The zero-order valence-electron chi connectivity index (χ0n) is 11.5. The van der Waals surface area contributed by atoms with E-state index in [4.69, 9.17) is 5.73 Å². The lowest BCUT2D eigenvalue weighted by Gasteiger charge is -2.37. The quantitative estimate of drug-likeness (QED) is 0.880. The maximum atomic E-state index is 6.14. The van der Waals surface area contributed by atoms with E-state index in [1.807, 2.05) is 0 Å². The molecule has 1 aromatic rings. The zero-order valence-corrected chi connectivity index (χ0v) is 11.5. The average molecular weight is 247 g/mol. The molecule has 1 aliphatic heterocycles. The minimum absolute atomic E-state index is 0.299. The van der Waals surface area contributed by atoms with Crippen molar-refractivity contribution >= 4 is 5.69 Å². The Morgan fingerprint density at radius 2 is 1.67 bits per heavy atom. The summed E-state index contributed by atoms with van der Waals surface area (Å²) in [5.74, 6) is 0.567. The molecule has 1 unspecified atom stereocenters. The van der Waals surface area contributed by atoms with Gasteiger partial charge in [0.2, 0.25) is 0 Å². The molecule has 1 atom stereocenters. The lowest BCUT2D eigenvalue weighted by Crippen LogP contribution is -2.50. The van der Waals surface area contributed by atoms with Gasteiger partial charge in [-0.05, 0) is 18.1 Å². The van der Waals surface area contributed by atoms with Crippen molar-refractivity contribution in [2.24, 2.45) is 11.7 Å². The second-order valence-electron chi connectivity index (χ2n) is 5.53. The van der Waals surface area contributed by atoms with Crippen LogP contribution >= 0.6 is 0 Å². The van der Waals surface area contributed by atoms with Gasteiger partial charge in [-0.1, -0.05) is 32.0 Å². The first kappa shape index (κ1) is 13.4. The minimum Gasteiger partial charge on any atom is -0.369 e. The average Bonchev–Trinajstić information content (AvgIpc) is 2.40. The fraction of sp³-hybridized carbons (Fsp3) is 0.600. The van der Waals surface area contributed by atoms with E-state index < -0.39 is 0 Å². The first-order chi connectivity index (χ1) is 8.66. The third-order valence-electron chi connectivity index (χ3n) is 3.82. The molecule has 0 amide bonds. The number of nitrogens with zero attached hydrogens (tertiary/aromatic N) is 2. The highest BCUT2D eigenvalue weighted by Gasteiger charge is 2.19. The van der Waals surface area contributed by atoms with Crippen molar-refractivity contribution in [2.75, 3.05) is 37.6 Å². The number of hydrogen-bond donors (Lipinski definition) is 1. The summed E-state index contributed by atoms with van der Waals surface area (Å²) in [5.41, 5.74) is 7.48. The Morgan fingerprint density at radius 3 is 2.22 bits per heavy atom. The minimum atomic E-state index is 0.299. The SMILES string of the molecule is CC(C)C(N)CN1CCN(c2ccccc2)CC1. The summed E-state index contributed by atoms with van der Waals surface area (Å²) in [7, 11) is 0. The summed E-state index contributed by atoms with van der Waals surface area (Å²) >= 11 is 0. The van der Waals surface area contributed by atoms with Crippen molar-refractivity contribution in [1.82, 2.24) is 4.90 Å². The van der Waals surface area contributed by atoms with Crippen molar-refractivity contribution in [3.8, 4) is 0 Å². The Morgan fingerprint density at radius 1 is 1.06 bits per heavy atom. The van der Waals surface area contributed by atoms with Crippen molar-refractivity contribution < 1.29 is 0 Å². The van der Waals surface area contributed by atoms with Crippen LogP contribution in [0.2, 0.25) is 0 Å². The van der Waals surface area contributed by atoms with E-state index >= 15 is 0 Å². The maximum Gasteiger partial charge on any atom is 0.0367 e. The molecule has 2 rings (SSSR count). The van der Waals surface area contributed by atoms with Crippen LogP contribution in [-0.4, -0.2) is 43.7 Å². The standard InChI is InChI=1S/C15H25N3/c1-13(2)15(16)12-17-8-10-18(11-9-17)14-6-4-3-5-7-14/h3-7,13,15H,8-12,16H2,1-2H3. The van der Waals surface area contributed by atoms with E-state index in [0.29, 0.717) is 12.0 Å². The Bertz CT molecular complexity index is 342. The van der Waals surface area contributed by atoms with Crippen LogP contribution in [0.5, 0.6) is 0 Å². The third kappa shape index (κ3) is 3.47. The van der Waals surface area contributed by atoms with E-state index in [1.165, 1.54) is 5.69 Å². The molecule has 0 aliphatic carbocycles. The molecule has 18 heavy (non-hydrogen) atoms. The lowest BCUT2D eigenvalue weighted by atomic mass is 10.0. The molecule has 100 valence electrons. The van der Waals surface area contributed by atoms with Crippen LogP contribution < -0.4 is 10.6 Å². The predicted molar refractivity (Wildman–Crippen MR) is 77.9 cm³/mol. The maximum absolute atomic E-state index is 6.14. The van der Waals surface area contributed by atoms with Crippen molar-refractivity contribution in [3.05, 3.63) is 30.3 Å². The summed E-state index contributed by atoms with van der Waals surface area (Å²) in [6.45, 7) is 9.88. The van der Waals surface area contributed by atoms with Gasteiger partial charge in [-0.2, -0.15) is 0 Å². The second-order valence-corrected chi connectivity index (χ2v) is 5.53.